The number of thioether (sulfide) groups is 1. The van der Waals surface area contributed by atoms with Crippen LogP contribution in [0, 0.1) is 13.8 Å². The molecule has 21 heavy (non-hydrogen) atoms. The van der Waals surface area contributed by atoms with E-state index in [4.69, 9.17) is 5.11 Å². The second kappa shape index (κ2) is 8.44. The van der Waals surface area contributed by atoms with Crippen LogP contribution in [0.2, 0.25) is 0 Å². The van der Waals surface area contributed by atoms with E-state index in [-0.39, 0.29) is 11.7 Å². The number of aryl methyl sites for hydroxylation is 2. The lowest BCUT2D eigenvalue weighted by molar-refractivity contribution is -0.141. The molecule has 0 fully saturated rings. The first-order valence-electron chi connectivity index (χ1n) is 6.76. The van der Waals surface area contributed by atoms with Crippen molar-refractivity contribution in [1.29, 1.82) is 0 Å². The maximum Gasteiger partial charge on any atom is 0.326 e. The van der Waals surface area contributed by atoms with Gasteiger partial charge in [-0.15, -0.1) is 11.8 Å². The van der Waals surface area contributed by atoms with Gasteiger partial charge in [-0.2, -0.15) is 0 Å². The van der Waals surface area contributed by atoms with E-state index in [1.165, 1.54) is 11.8 Å². The second-order valence-electron chi connectivity index (χ2n) is 4.90. The third-order valence-electron chi connectivity index (χ3n) is 3.03. The molecule has 0 heterocycles. The number of carboxylic acid groups (broad SMARTS) is 1. The smallest absolute Gasteiger partial charge is 0.326 e. The van der Waals surface area contributed by atoms with Crippen molar-refractivity contribution in [2.75, 3.05) is 5.75 Å². The van der Waals surface area contributed by atoms with Gasteiger partial charge in [0.15, 0.2) is 0 Å². The number of carbonyl (C=O) groups is 2. The van der Waals surface area contributed by atoms with Crippen LogP contribution in [0.3, 0.4) is 0 Å². The molecule has 1 amide bonds. The Balaban J connectivity index is 2.60. The highest BCUT2D eigenvalue weighted by atomic mass is 79.9. The summed E-state index contributed by atoms with van der Waals surface area (Å²) >= 11 is 4.90. The number of carbonyl (C=O) groups excluding carboxylic acids is 1. The SMILES string of the molecule is CCCC(NC(=O)CSc1cc(C)c(Br)cc1C)C(=O)O. The standard InChI is InChI=1S/C15H20BrNO3S/c1-4-5-12(15(19)20)17-14(18)8-21-13-7-9(2)11(16)6-10(13)3/h6-7,12H,4-5,8H2,1-3H3,(H,17,18)(H,19,20). The quantitative estimate of drug-likeness (QED) is 0.717. The van der Waals surface area contributed by atoms with Crippen LogP contribution < -0.4 is 5.32 Å². The Bertz CT molecular complexity index is 534. The number of hydrogen-bond acceptors (Lipinski definition) is 3. The van der Waals surface area contributed by atoms with Gasteiger partial charge in [-0.25, -0.2) is 4.79 Å². The molecule has 116 valence electrons. The number of amides is 1. The van der Waals surface area contributed by atoms with Crippen LogP contribution in [-0.2, 0) is 9.59 Å². The van der Waals surface area contributed by atoms with E-state index in [0.717, 1.165) is 26.9 Å². The number of nitrogens with one attached hydrogen (secondary N) is 1. The molecule has 0 aliphatic heterocycles. The Kier molecular flexibility index (Phi) is 7.25. The van der Waals surface area contributed by atoms with Gasteiger partial charge in [0.25, 0.3) is 0 Å². The summed E-state index contributed by atoms with van der Waals surface area (Å²) in [4.78, 5) is 23.9. The number of benzene rings is 1. The lowest BCUT2D eigenvalue weighted by Gasteiger charge is -2.14. The predicted molar refractivity (Wildman–Crippen MR) is 88.8 cm³/mol. The molecule has 0 radical (unpaired) electrons. The Morgan fingerprint density at radius 2 is 2.00 bits per heavy atom. The molecular weight excluding hydrogens is 354 g/mol. The van der Waals surface area contributed by atoms with Crippen LogP contribution >= 0.6 is 27.7 Å². The Morgan fingerprint density at radius 3 is 2.57 bits per heavy atom. The molecule has 1 aromatic carbocycles. The van der Waals surface area contributed by atoms with Gasteiger partial charge in [0.1, 0.15) is 6.04 Å². The predicted octanol–water partition coefficient (Wildman–Crippen LogP) is 3.53. The van der Waals surface area contributed by atoms with Crippen LogP contribution in [0.5, 0.6) is 0 Å². The molecule has 0 spiro atoms. The number of rotatable bonds is 7. The van der Waals surface area contributed by atoms with Gasteiger partial charge in [0, 0.05) is 9.37 Å². The van der Waals surface area contributed by atoms with E-state index in [9.17, 15) is 9.59 Å². The molecule has 0 saturated carbocycles. The van der Waals surface area contributed by atoms with Crippen LogP contribution in [0.25, 0.3) is 0 Å². The van der Waals surface area contributed by atoms with Crippen molar-refractivity contribution in [3.05, 3.63) is 27.7 Å². The van der Waals surface area contributed by atoms with Crippen molar-refractivity contribution in [2.24, 2.45) is 0 Å². The van der Waals surface area contributed by atoms with E-state index in [2.05, 4.69) is 21.2 Å². The molecule has 0 aliphatic rings. The average Bonchev–Trinajstić information content (AvgIpc) is 2.40. The molecule has 1 rings (SSSR count). The summed E-state index contributed by atoms with van der Waals surface area (Å²) in [7, 11) is 0. The fourth-order valence-electron chi connectivity index (χ4n) is 1.84. The van der Waals surface area contributed by atoms with E-state index < -0.39 is 12.0 Å². The van der Waals surface area contributed by atoms with E-state index in [1.807, 2.05) is 32.9 Å². The van der Waals surface area contributed by atoms with Crippen LogP contribution in [0.1, 0.15) is 30.9 Å². The number of carboxylic acids is 1. The minimum absolute atomic E-state index is 0.218. The van der Waals surface area contributed by atoms with E-state index in [0.29, 0.717) is 6.42 Å². The topological polar surface area (TPSA) is 66.4 Å². The number of aliphatic carboxylic acids is 1. The van der Waals surface area contributed by atoms with Crippen LogP contribution in [0.15, 0.2) is 21.5 Å². The molecule has 0 aromatic heterocycles. The summed E-state index contributed by atoms with van der Waals surface area (Å²) in [5, 5.41) is 11.6. The summed E-state index contributed by atoms with van der Waals surface area (Å²) in [5.41, 5.74) is 2.20. The molecule has 4 nitrogen and oxygen atoms in total. The highest BCUT2D eigenvalue weighted by Gasteiger charge is 2.18. The van der Waals surface area contributed by atoms with Gasteiger partial charge >= 0.3 is 5.97 Å². The molecule has 1 unspecified atom stereocenters. The van der Waals surface area contributed by atoms with Gasteiger partial charge in [0.2, 0.25) is 5.91 Å². The Morgan fingerprint density at radius 1 is 1.33 bits per heavy atom. The fourth-order valence-corrected chi connectivity index (χ4v) is 3.21. The summed E-state index contributed by atoms with van der Waals surface area (Å²) in [6, 6.07) is 3.25. The summed E-state index contributed by atoms with van der Waals surface area (Å²) in [6.45, 7) is 5.88. The maximum atomic E-state index is 11.9. The second-order valence-corrected chi connectivity index (χ2v) is 6.77. The summed E-state index contributed by atoms with van der Waals surface area (Å²) in [6.07, 6.45) is 1.16. The minimum atomic E-state index is -0.981. The monoisotopic (exact) mass is 373 g/mol. The van der Waals surface area contributed by atoms with Crippen molar-refractivity contribution in [2.45, 2.75) is 44.6 Å². The van der Waals surface area contributed by atoms with Crippen LogP contribution in [-0.4, -0.2) is 28.8 Å². The third-order valence-corrected chi connectivity index (χ3v) is 5.04. The van der Waals surface area contributed by atoms with Gasteiger partial charge in [0.05, 0.1) is 5.75 Å². The lowest BCUT2D eigenvalue weighted by Crippen LogP contribution is -2.41. The molecule has 0 aliphatic carbocycles. The minimum Gasteiger partial charge on any atom is -0.480 e. The van der Waals surface area contributed by atoms with E-state index >= 15 is 0 Å². The van der Waals surface area contributed by atoms with E-state index in [1.54, 1.807) is 0 Å². The Hall–Kier alpha value is -1.01. The van der Waals surface area contributed by atoms with Gasteiger partial charge in [-0.05, 0) is 43.5 Å². The summed E-state index contributed by atoms with van der Waals surface area (Å²) < 4.78 is 1.04. The molecule has 1 aromatic rings. The molecule has 0 saturated heterocycles. The highest BCUT2D eigenvalue weighted by molar-refractivity contribution is 9.10. The van der Waals surface area contributed by atoms with Gasteiger partial charge < -0.3 is 10.4 Å². The molecule has 1 atom stereocenters. The van der Waals surface area contributed by atoms with Crippen LogP contribution in [0.4, 0.5) is 0 Å². The molecule has 2 N–H and O–H groups in total. The maximum absolute atomic E-state index is 11.9. The Labute approximate surface area is 137 Å². The fraction of sp³-hybridized carbons (Fsp3) is 0.467. The first-order chi connectivity index (χ1) is 9.85. The highest BCUT2D eigenvalue weighted by Crippen LogP contribution is 2.28. The zero-order valence-electron chi connectivity index (χ0n) is 12.4. The van der Waals surface area contributed by atoms with Crippen molar-refractivity contribution in [3.8, 4) is 0 Å². The normalized spacial score (nSPS) is 12.0. The van der Waals surface area contributed by atoms with Crippen molar-refractivity contribution in [3.63, 3.8) is 0 Å². The summed E-state index contributed by atoms with van der Waals surface area (Å²) in [5.74, 6) is -1.01. The largest absolute Gasteiger partial charge is 0.480 e. The zero-order valence-corrected chi connectivity index (χ0v) is 14.8. The lowest BCUT2D eigenvalue weighted by atomic mass is 10.2. The zero-order chi connectivity index (χ0) is 16.0. The molecule has 6 heteroatoms. The first kappa shape index (κ1) is 18.0. The molecular formula is C15H20BrNO3S. The average molecular weight is 374 g/mol. The van der Waals surface area contributed by atoms with Crippen molar-refractivity contribution >= 4 is 39.6 Å². The molecule has 0 bridgehead atoms. The van der Waals surface area contributed by atoms with Crippen molar-refractivity contribution in [1.82, 2.24) is 5.32 Å². The van der Waals surface area contributed by atoms with Gasteiger partial charge in [-0.1, -0.05) is 29.3 Å². The van der Waals surface area contributed by atoms with Gasteiger partial charge in [-0.3, -0.25) is 4.79 Å². The third kappa shape index (κ3) is 5.71. The number of halogens is 1. The number of hydrogen-bond donors (Lipinski definition) is 2. The van der Waals surface area contributed by atoms with Crippen molar-refractivity contribution < 1.29 is 14.7 Å². The first-order valence-corrected chi connectivity index (χ1v) is 8.54.